The van der Waals surface area contributed by atoms with Gasteiger partial charge in [0.2, 0.25) is 5.89 Å². The molecule has 3 unspecified atom stereocenters. The minimum atomic E-state index is 0. The van der Waals surface area contributed by atoms with Crippen LogP contribution in [0.25, 0.3) is 0 Å². The van der Waals surface area contributed by atoms with Gasteiger partial charge in [-0.3, -0.25) is 0 Å². The van der Waals surface area contributed by atoms with E-state index in [4.69, 9.17) is 15.0 Å². The summed E-state index contributed by atoms with van der Waals surface area (Å²) in [7, 11) is 0. The largest absolute Gasteiger partial charge is 0.381 e. The van der Waals surface area contributed by atoms with E-state index in [9.17, 15) is 0 Å². The molecule has 1 saturated heterocycles. The lowest BCUT2D eigenvalue weighted by molar-refractivity contribution is 0.192. The molecule has 0 radical (unpaired) electrons. The van der Waals surface area contributed by atoms with Gasteiger partial charge < -0.3 is 15.0 Å². The molecule has 0 spiro atoms. The lowest BCUT2D eigenvalue weighted by Gasteiger charge is -2.23. The zero-order chi connectivity index (χ0) is 11.7. The van der Waals surface area contributed by atoms with Crippen molar-refractivity contribution in [3.8, 4) is 0 Å². The Bertz CT molecular complexity index is 379. The van der Waals surface area contributed by atoms with E-state index in [2.05, 4.69) is 10.1 Å². The highest BCUT2D eigenvalue weighted by atomic mass is 35.5. The van der Waals surface area contributed by atoms with E-state index in [1.54, 1.807) is 0 Å². The fourth-order valence-electron chi connectivity index (χ4n) is 2.77. The lowest BCUT2D eigenvalue weighted by atomic mass is 9.86. The van der Waals surface area contributed by atoms with Crippen LogP contribution in [-0.4, -0.2) is 29.4 Å². The monoisotopic (exact) mass is 273 g/mol. The fourth-order valence-corrected chi connectivity index (χ4v) is 2.77. The summed E-state index contributed by atoms with van der Waals surface area (Å²) >= 11 is 0. The van der Waals surface area contributed by atoms with Gasteiger partial charge in [-0.05, 0) is 25.7 Å². The van der Waals surface area contributed by atoms with Crippen LogP contribution in [0.1, 0.15) is 55.7 Å². The number of rotatable bonds is 2. The second kappa shape index (κ2) is 5.99. The molecule has 2 fully saturated rings. The molecule has 0 aromatic carbocycles. The molecule has 3 rings (SSSR count). The summed E-state index contributed by atoms with van der Waals surface area (Å²) in [5.74, 6) is 2.28. The summed E-state index contributed by atoms with van der Waals surface area (Å²) < 4.78 is 10.7. The molecule has 5 nitrogen and oxygen atoms in total. The molecular weight excluding hydrogens is 254 g/mol. The number of nitrogens with zero attached hydrogens (tertiary/aromatic N) is 2. The molecule has 2 N–H and O–H groups in total. The van der Waals surface area contributed by atoms with Gasteiger partial charge in [0.15, 0.2) is 5.82 Å². The fraction of sp³-hybridized carbons (Fsp3) is 0.833. The van der Waals surface area contributed by atoms with Crippen molar-refractivity contribution in [1.29, 1.82) is 0 Å². The molecule has 2 heterocycles. The quantitative estimate of drug-likeness (QED) is 0.892. The van der Waals surface area contributed by atoms with E-state index in [-0.39, 0.29) is 12.4 Å². The summed E-state index contributed by atoms with van der Waals surface area (Å²) in [5.41, 5.74) is 5.98. The molecule has 0 bridgehead atoms. The van der Waals surface area contributed by atoms with Crippen LogP contribution in [0.4, 0.5) is 0 Å². The Morgan fingerprint density at radius 3 is 2.78 bits per heavy atom. The maximum atomic E-state index is 5.98. The molecular formula is C12H20ClN3O2. The molecule has 1 aromatic rings. The third kappa shape index (κ3) is 2.84. The molecule has 3 atom stereocenters. The zero-order valence-corrected chi connectivity index (χ0v) is 11.2. The van der Waals surface area contributed by atoms with Crippen LogP contribution in [0.3, 0.4) is 0 Å². The molecule has 2 aliphatic rings. The maximum Gasteiger partial charge on any atom is 0.229 e. The molecule has 1 saturated carbocycles. The van der Waals surface area contributed by atoms with E-state index in [1.807, 2.05) is 0 Å². The van der Waals surface area contributed by atoms with Crippen molar-refractivity contribution in [2.75, 3.05) is 13.2 Å². The number of ether oxygens (including phenoxy) is 1. The minimum absolute atomic E-state index is 0. The Labute approximate surface area is 113 Å². The maximum absolute atomic E-state index is 5.98. The highest BCUT2D eigenvalue weighted by Gasteiger charge is 2.28. The van der Waals surface area contributed by atoms with Crippen molar-refractivity contribution in [3.63, 3.8) is 0 Å². The van der Waals surface area contributed by atoms with E-state index in [0.29, 0.717) is 17.9 Å². The Morgan fingerprint density at radius 2 is 2.06 bits per heavy atom. The van der Waals surface area contributed by atoms with Crippen LogP contribution < -0.4 is 5.73 Å². The molecule has 0 amide bonds. The zero-order valence-electron chi connectivity index (χ0n) is 10.4. The van der Waals surface area contributed by atoms with Gasteiger partial charge in [0.1, 0.15) is 0 Å². The molecule has 102 valence electrons. The smallest absolute Gasteiger partial charge is 0.229 e. The molecule has 1 aliphatic heterocycles. The van der Waals surface area contributed by atoms with Gasteiger partial charge in [-0.1, -0.05) is 11.6 Å². The van der Waals surface area contributed by atoms with Crippen LogP contribution in [-0.2, 0) is 4.74 Å². The van der Waals surface area contributed by atoms with Crippen molar-refractivity contribution in [3.05, 3.63) is 11.7 Å². The van der Waals surface area contributed by atoms with Crippen molar-refractivity contribution < 1.29 is 9.26 Å². The predicted molar refractivity (Wildman–Crippen MR) is 68.9 cm³/mol. The van der Waals surface area contributed by atoms with Crippen LogP contribution in [0.5, 0.6) is 0 Å². The highest BCUT2D eigenvalue weighted by molar-refractivity contribution is 5.85. The third-order valence-corrected chi connectivity index (χ3v) is 3.82. The number of hydrogen-bond donors (Lipinski definition) is 1. The van der Waals surface area contributed by atoms with Crippen LogP contribution in [0, 0.1) is 0 Å². The summed E-state index contributed by atoms with van der Waals surface area (Å²) in [4.78, 5) is 4.54. The van der Waals surface area contributed by atoms with Gasteiger partial charge in [0, 0.05) is 24.5 Å². The summed E-state index contributed by atoms with van der Waals surface area (Å²) in [6.45, 7) is 1.53. The van der Waals surface area contributed by atoms with Crippen molar-refractivity contribution in [1.82, 2.24) is 10.1 Å². The Kier molecular flexibility index (Phi) is 4.59. The van der Waals surface area contributed by atoms with E-state index in [1.165, 1.54) is 0 Å². The normalized spacial score (nSPS) is 32.2. The first kappa shape index (κ1) is 13.8. The minimum Gasteiger partial charge on any atom is -0.381 e. The van der Waals surface area contributed by atoms with Crippen LogP contribution in [0.2, 0.25) is 0 Å². The van der Waals surface area contributed by atoms with Crippen LogP contribution >= 0.6 is 12.4 Å². The molecule has 1 aliphatic carbocycles. The second-order valence-corrected chi connectivity index (χ2v) is 5.17. The van der Waals surface area contributed by atoms with Gasteiger partial charge in [-0.2, -0.15) is 4.98 Å². The average molecular weight is 274 g/mol. The summed E-state index contributed by atoms with van der Waals surface area (Å²) in [5, 5.41) is 4.09. The van der Waals surface area contributed by atoms with E-state index >= 15 is 0 Å². The van der Waals surface area contributed by atoms with Crippen molar-refractivity contribution >= 4 is 12.4 Å². The summed E-state index contributed by atoms with van der Waals surface area (Å²) in [6.07, 6.45) is 5.38. The Morgan fingerprint density at radius 1 is 1.17 bits per heavy atom. The first-order valence-corrected chi connectivity index (χ1v) is 6.50. The number of hydrogen-bond acceptors (Lipinski definition) is 5. The van der Waals surface area contributed by atoms with E-state index in [0.717, 1.165) is 57.0 Å². The summed E-state index contributed by atoms with van der Waals surface area (Å²) in [6, 6.07) is 0.291. The van der Waals surface area contributed by atoms with Crippen molar-refractivity contribution in [2.24, 2.45) is 5.73 Å². The van der Waals surface area contributed by atoms with Gasteiger partial charge in [0.25, 0.3) is 0 Å². The first-order chi connectivity index (χ1) is 8.33. The predicted octanol–water partition coefficient (Wildman–Crippen LogP) is 1.98. The Hall–Kier alpha value is -0.650. The van der Waals surface area contributed by atoms with Crippen LogP contribution in [0.15, 0.2) is 4.52 Å². The molecule has 6 heteroatoms. The van der Waals surface area contributed by atoms with Gasteiger partial charge in [-0.15, -0.1) is 12.4 Å². The van der Waals surface area contributed by atoms with Gasteiger partial charge in [0.05, 0.1) is 6.61 Å². The van der Waals surface area contributed by atoms with Gasteiger partial charge in [-0.25, -0.2) is 0 Å². The van der Waals surface area contributed by atoms with E-state index < -0.39 is 0 Å². The Balaban J connectivity index is 0.00000120. The van der Waals surface area contributed by atoms with Crippen molar-refractivity contribution in [2.45, 2.75) is 50.0 Å². The SMILES string of the molecule is Cl.NC1CCCC(c2nc(C3CCOC3)no2)C1. The average Bonchev–Trinajstić information content (AvgIpc) is 3.00. The topological polar surface area (TPSA) is 74.2 Å². The highest BCUT2D eigenvalue weighted by Crippen LogP contribution is 2.32. The number of nitrogens with two attached hydrogens (primary N) is 1. The first-order valence-electron chi connectivity index (χ1n) is 6.50. The van der Waals surface area contributed by atoms with Gasteiger partial charge >= 0.3 is 0 Å². The lowest BCUT2D eigenvalue weighted by Crippen LogP contribution is -2.27. The molecule has 1 aromatic heterocycles. The second-order valence-electron chi connectivity index (χ2n) is 5.17. The third-order valence-electron chi connectivity index (χ3n) is 3.82. The molecule has 18 heavy (non-hydrogen) atoms. The standard InChI is InChI=1S/C12H19N3O2.ClH/c13-10-3-1-2-8(6-10)12-14-11(15-17-12)9-4-5-16-7-9;/h8-10H,1-7,13H2;1H. The number of aromatic nitrogens is 2. The number of halogens is 1.